The van der Waals surface area contributed by atoms with Gasteiger partial charge in [-0.2, -0.15) is 5.10 Å². The molecule has 8 nitrogen and oxygen atoms in total. The van der Waals surface area contributed by atoms with Gasteiger partial charge in [-0.1, -0.05) is 0 Å². The van der Waals surface area contributed by atoms with Crippen LogP contribution in [0.15, 0.2) is 18.5 Å². The number of aliphatic hydroxyl groups excluding tert-OH is 2. The fourth-order valence-electron chi connectivity index (χ4n) is 3.96. The van der Waals surface area contributed by atoms with Crippen molar-refractivity contribution in [2.75, 3.05) is 6.54 Å². The van der Waals surface area contributed by atoms with Crippen LogP contribution in [0.2, 0.25) is 0 Å². The molecule has 2 aliphatic rings. The van der Waals surface area contributed by atoms with Crippen molar-refractivity contribution in [3.05, 3.63) is 35.7 Å². The Morgan fingerprint density at radius 3 is 2.73 bits per heavy atom. The number of hydrogen-bond acceptors (Lipinski definition) is 5. The third-order valence-electron chi connectivity index (χ3n) is 5.56. The zero-order valence-corrected chi connectivity index (χ0v) is 15.0. The van der Waals surface area contributed by atoms with Crippen molar-refractivity contribution in [3.8, 4) is 0 Å². The lowest BCUT2D eigenvalue weighted by Gasteiger charge is -2.33. The van der Waals surface area contributed by atoms with Gasteiger partial charge in [-0.15, -0.1) is 0 Å². The van der Waals surface area contributed by atoms with E-state index in [0.29, 0.717) is 44.0 Å². The summed E-state index contributed by atoms with van der Waals surface area (Å²) in [6, 6.07) is 1.86. The molecular weight excluding hydrogens is 334 g/mol. The van der Waals surface area contributed by atoms with Crippen molar-refractivity contribution in [2.45, 2.75) is 51.0 Å². The molecule has 140 valence electrons. The summed E-state index contributed by atoms with van der Waals surface area (Å²) in [5.41, 5.74) is 1.49. The van der Waals surface area contributed by atoms with E-state index < -0.39 is 6.10 Å². The maximum Gasteiger partial charge on any atom is 0.226 e. The van der Waals surface area contributed by atoms with Gasteiger partial charge in [0.1, 0.15) is 5.82 Å². The van der Waals surface area contributed by atoms with Crippen LogP contribution in [0.25, 0.3) is 0 Å². The number of aliphatic hydroxyl groups is 2. The summed E-state index contributed by atoms with van der Waals surface area (Å²) >= 11 is 0. The molecule has 3 heterocycles. The second-order valence-electron chi connectivity index (χ2n) is 7.35. The van der Waals surface area contributed by atoms with Crippen LogP contribution in [0.3, 0.4) is 0 Å². The number of aromatic nitrogens is 4. The van der Waals surface area contributed by atoms with E-state index in [4.69, 9.17) is 0 Å². The van der Waals surface area contributed by atoms with E-state index >= 15 is 0 Å². The minimum atomic E-state index is -0.878. The van der Waals surface area contributed by atoms with E-state index in [2.05, 4.69) is 10.1 Å². The number of carbonyl (C=O) groups excluding carboxylic acids is 1. The Labute approximate surface area is 152 Å². The van der Waals surface area contributed by atoms with Crippen molar-refractivity contribution in [3.63, 3.8) is 0 Å². The Bertz CT molecular complexity index is 791. The van der Waals surface area contributed by atoms with Gasteiger partial charge in [0.2, 0.25) is 5.91 Å². The van der Waals surface area contributed by atoms with Gasteiger partial charge in [0.25, 0.3) is 0 Å². The van der Waals surface area contributed by atoms with Crippen molar-refractivity contribution in [1.82, 2.24) is 24.2 Å². The quantitative estimate of drug-likeness (QED) is 0.836. The van der Waals surface area contributed by atoms with E-state index in [1.54, 1.807) is 17.0 Å². The summed E-state index contributed by atoms with van der Waals surface area (Å²) in [7, 11) is 1.84. The fraction of sp³-hybridized carbons (Fsp3) is 0.611. The van der Waals surface area contributed by atoms with E-state index in [0.717, 1.165) is 18.5 Å². The summed E-state index contributed by atoms with van der Waals surface area (Å²) in [4.78, 5) is 18.9. The van der Waals surface area contributed by atoms with Gasteiger partial charge in [0.05, 0.1) is 30.6 Å². The topological polar surface area (TPSA) is 96.4 Å². The summed E-state index contributed by atoms with van der Waals surface area (Å²) in [6.07, 6.45) is 5.25. The predicted molar refractivity (Wildman–Crippen MR) is 92.9 cm³/mol. The number of rotatable bonds is 3. The highest BCUT2D eigenvalue weighted by molar-refractivity contribution is 5.79. The molecule has 0 spiro atoms. The fourth-order valence-corrected chi connectivity index (χ4v) is 3.96. The lowest BCUT2D eigenvalue weighted by atomic mass is 9.86. The lowest BCUT2D eigenvalue weighted by molar-refractivity contribution is -0.138. The molecule has 1 aliphatic carbocycles. The van der Waals surface area contributed by atoms with E-state index in [-0.39, 0.29) is 17.9 Å². The molecule has 1 unspecified atom stereocenters. The van der Waals surface area contributed by atoms with Crippen LogP contribution in [-0.2, 0) is 24.9 Å². The molecule has 1 amide bonds. The highest BCUT2D eigenvalue weighted by Gasteiger charge is 2.31. The highest BCUT2D eigenvalue weighted by atomic mass is 16.3. The standard InChI is InChI=1S/C18H25N5O3/c1-21-7-6-19-17(21)16(25)15-10-13-11-22(8-9-23(13)20-15)18(26)12-2-4-14(24)5-3-12/h6-7,10,12,14,16,24-25H,2-5,8-9,11H2,1H3. The molecule has 1 aliphatic heterocycles. The average molecular weight is 359 g/mol. The second-order valence-corrected chi connectivity index (χ2v) is 7.35. The number of hydrogen-bond donors (Lipinski definition) is 2. The maximum absolute atomic E-state index is 12.8. The van der Waals surface area contributed by atoms with Gasteiger partial charge in [0, 0.05) is 31.9 Å². The first-order chi connectivity index (χ1) is 12.5. The Morgan fingerprint density at radius 2 is 2.04 bits per heavy atom. The Kier molecular flexibility index (Phi) is 4.54. The molecule has 26 heavy (non-hydrogen) atoms. The SMILES string of the molecule is Cn1ccnc1C(O)c1cc2n(n1)CCN(C(=O)C1CCC(O)CC1)C2. The number of fused-ring (bicyclic) bond motifs is 1. The van der Waals surface area contributed by atoms with Crippen LogP contribution < -0.4 is 0 Å². The summed E-state index contributed by atoms with van der Waals surface area (Å²) in [6.45, 7) is 1.77. The number of carbonyl (C=O) groups is 1. The van der Waals surface area contributed by atoms with Crippen molar-refractivity contribution in [2.24, 2.45) is 13.0 Å². The molecule has 0 aromatic carbocycles. The van der Waals surface area contributed by atoms with Gasteiger partial charge >= 0.3 is 0 Å². The molecule has 0 saturated heterocycles. The third kappa shape index (κ3) is 3.14. The average Bonchev–Trinajstić information content (AvgIpc) is 3.26. The van der Waals surface area contributed by atoms with Crippen molar-refractivity contribution >= 4 is 5.91 Å². The highest BCUT2D eigenvalue weighted by Crippen LogP contribution is 2.28. The Hall–Kier alpha value is -2.19. The normalized spacial score (nSPS) is 24.3. The number of amides is 1. The Morgan fingerprint density at radius 1 is 1.27 bits per heavy atom. The van der Waals surface area contributed by atoms with E-state index in [9.17, 15) is 15.0 Å². The largest absolute Gasteiger partial charge is 0.393 e. The lowest BCUT2D eigenvalue weighted by Crippen LogP contribution is -2.42. The summed E-state index contributed by atoms with van der Waals surface area (Å²) in [5.74, 6) is 0.746. The van der Waals surface area contributed by atoms with E-state index in [1.165, 1.54) is 0 Å². The molecule has 4 rings (SSSR count). The zero-order valence-electron chi connectivity index (χ0n) is 15.0. The smallest absolute Gasteiger partial charge is 0.226 e. The van der Waals surface area contributed by atoms with Crippen LogP contribution in [0.4, 0.5) is 0 Å². The van der Waals surface area contributed by atoms with Crippen molar-refractivity contribution < 1.29 is 15.0 Å². The summed E-state index contributed by atoms with van der Waals surface area (Å²) < 4.78 is 3.65. The van der Waals surface area contributed by atoms with Crippen LogP contribution in [-0.4, -0.2) is 53.0 Å². The van der Waals surface area contributed by atoms with Gasteiger partial charge in [-0.3, -0.25) is 9.48 Å². The molecule has 1 saturated carbocycles. The number of nitrogens with zero attached hydrogens (tertiary/aromatic N) is 5. The van der Waals surface area contributed by atoms with Crippen LogP contribution >= 0.6 is 0 Å². The number of aryl methyl sites for hydroxylation is 1. The molecule has 2 aromatic heterocycles. The molecule has 0 radical (unpaired) electrons. The first-order valence-electron chi connectivity index (χ1n) is 9.21. The van der Waals surface area contributed by atoms with Crippen LogP contribution in [0.5, 0.6) is 0 Å². The van der Waals surface area contributed by atoms with Crippen LogP contribution in [0.1, 0.15) is 49.0 Å². The monoisotopic (exact) mass is 359 g/mol. The third-order valence-corrected chi connectivity index (χ3v) is 5.56. The van der Waals surface area contributed by atoms with Crippen LogP contribution in [0, 0.1) is 5.92 Å². The number of imidazole rings is 1. The van der Waals surface area contributed by atoms with Gasteiger partial charge in [-0.25, -0.2) is 4.98 Å². The minimum Gasteiger partial charge on any atom is -0.393 e. The molecular formula is C18H25N5O3. The molecule has 1 atom stereocenters. The van der Waals surface area contributed by atoms with Gasteiger partial charge in [0.15, 0.2) is 6.10 Å². The predicted octanol–water partition coefficient (Wildman–Crippen LogP) is 0.592. The zero-order chi connectivity index (χ0) is 18.3. The first kappa shape index (κ1) is 17.2. The molecule has 1 fully saturated rings. The van der Waals surface area contributed by atoms with Gasteiger partial charge in [-0.05, 0) is 31.7 Å². The van der Waals surface area contributed by atoms with E-state index in [1.807, 2.05) is 22.7 Å². The Balaban J connectivity index is 1.47. The first-order valence-corrected chi connectivity index (χ1v) is 9.21. The molecule has 2 aromatic rings. The second kappa shape index (κ2) is 6.85. The molecule has 8 heteroatoms. The minimum absolute atomic E-state index is 0.0190. The molecule has 2 N–H and O–H groups in total. The van der Waals surface area contributed by atoms with Crippen molar-refractivity contribution in [1.29, 1.82) is 0 Å². The maximum atomic E-state index is 12.8. The van der Waals surface area contributed by atoms with Gasteiger partial charge < -0.3 is 19.7 Å². The summed E-state index contributed by atoms with van der Waals surface area (Å²) in [5, 5.41) is 24.7. The molecule has 0 bridgehead atoms.